The first-order valence-electron chi connectivity index (χ1n) is 3.59. The van der Waals surface area contributed by atoms with Crippen LogP contribution in [0.25, 0.3) is 0 Å². The second-order valence-corrected chi connectivity index (χ2v) is 2.82. The zero-order valence-electron chi connectivity index (χ0n) is 5.84. The third kappa shape index (κ3) is 1.55. The van der Waals surface area contributed by atoms with Crippen LogP contribution in [0, 0.1) is 17.2 Å². The molecule has 2 aliphatic carbocycles. The summed E-state index contributed by atoms with van der Waals surface area (Å²) >= 11 is 0. The van der Waals surface area contributed by atoms with E-state index in [9.17, 15) is 0 Å². The zero-order valence-corrected chi connectivity index (χ0v) is 5.84. The van der Waals surface area contributed by atoms with Gasteiger partial charge in [0.15, 0.2) is 0 Å². The Balaban J connectivity index is 0.000000148. The Labute approximate surface area is 60.4 Å². The van der Waals surface area contributed by atoms with E-state index in [1.165, 1.54) is 19.3 Å². The van der Waals surface area contributed by atoms with Gasteiger partial charge in [0.25, 0.3) is 0 Å². The lowest BCUT2D eigenvalue weighted by molar-refractivity contribution is 0.563. The van der Waals surface area contributed by atoms with E-state index in [-0.39, 0.29) is 0 Å². The first-order chi connectivity index (χ1) is 4.86. The Bertz CT molecular complexity index is 156. The summed E-state index contributed by atoms with van der Waals surface area (Å²) in [5.74, 6) is 1.98. The zero-order chi connectivity index (χ0) is 7.40. The van der Waals surface area contributed by atoms with Gasteiger partial charge in [0.05, 0.1) is 0 Å². The van der Waals surface area contributed by atoms with Crippen LogP contribution in [0.2, 0.25) is 0 Å². The van der Waals surface area contributed by atoms with Crippen LogP contribution >= 0.6 is 0 Å². The van der Waals surface area contributed by atoms with Gasteiger partial charge >= 0.3 is 0 Å². The van der Waals surface area contributed by atoms with Crippen molar-refractivity contribution in [1.29, 1.82) is 5.41 Å². The topological polar surface area (TPSA) is 40.9 Å². The van der Waals surface area contributed by atoms with E-state index in [1.807, 2.05) is 0 Å². The van der Waals surface area contributed by atoms with Gasteiger partial charge in [-0.1, -0.05) is 12.2 Å². The molecule has 1 N–H and O–H groups in total. The highest BCUT2D eigenvalue weighted by Gasteiger charge is 2.25. The number of rotatable bonds is 0. The quantitative estimate of drug-likeness (QED) is 0.309. The van der Waals surface area contributed by atoms with Crippen molar-refractivity contribution in [3.8, 4) is 0 Å². The molecule has 2 bridgehead atoms. The van der Waals surface area contributed by atoms with E-state index in [2.05, 4.69) is 12.2 Å². The lowest BCUT2D eigenvalue weighted by Gasteiger charge is -1.96. The van der Waals surface area contributed by atoms with Crippen LogP contribution in [0.1, 0.15) is 19.3 Å². The average molecular weight is 137 g/mol. The Kier molecular flexibility index (Phi) is 2.41. The molecule has 2 unspecified atom stereocenters. The predicted molar refractivity (Wildman–Crippen MR) is 38.4 cm³/mol. The van der Waals surface area contributed by atoms with Crippen molar-refractivity contribution in [3.05, 3.63) is 12.2 Å². The first kappa shape index (κ1) is 7.23. The van der Waals surface area contributed by atoms with E-state index in [4.69, 9.17) is 10.2 Å². The molecule has 1 saturated carbocycles. The van der Waals surface area contributed by atoms with Gasteiger partial charge < -0.3 is 0 Å². The summed E-state index contributed by atoms with van der Waals surface area (Å²) in [7, 11) is 0. The molecule has 54 valence electrons. The highest BCUT2D eigenvalue weighted by atomic mass is 16.1. The SMILES string of the molecule is C1=CC2CCC1C2.N=C=O. The number of allylic oxidation sites excluding steroid dienone is 2. The lowest BCUT2D eigenvalue weighted by Crippen LogP contribution is -1.82. The maximum absolute atomic E-state index is 8.35. The van der Waals surface area contributed by atoms with Crippen LogP contribution in [0.4, 0.5) is 0 Å². The average Bonchev–Trinajstić information content (AvgIpc) is 2.49. The highest BCUT2D eigenvalue weighted by molar-refractivity contribution is 5.26. The van der Waals surface area contributed by atoms with Crippen LogP contribution in [-0.4, -0.2) is 6.08 Å². The molecule has 0 radical (unpaired) electrons. The summed E-state index contributed by atoms with van der Waals surface area (Å²) < 4.78 is 0. The van der Waals surface area contributed by atoms with Crippen molar-refractivity contribution in [2.24, 2.45) is 11.8 Å². The second kappa shape index (κ2) is 3.33. The van der Waals surface area contributed by atoms with Gasteiger partial charge in [-0.05, 0) is 31.1 Å². The molecular formula is C8H11NO. The minimum Gasteiger partial charge on any atom is -0.222 e. The van der Waals surface area contributed by atoms with Crippen molar-refractivity contribution >= 4 is 6.08 Å². The summed E-state index contributed by atoms with van der Waals surface area (Å²) in [5.41, 5.74) is 0. The molecule has 0 aromatic carbocycles. The van der Waals surface area contributed by atoms with Gasteiger partial charge in [-0.3, -0.25) is 0 Å². The standard InChI is InChI=1S/C7H10.CHNO/c1-2-7-4-3-6(1)5-7;2-1-3/h1-2,6-7H,3-5H2;2H. The van der Waals surface area contributed by atoms with Crippen molar-refractivity contribution < 1.29 is 4.79 Å². The Morgan fingerprint density at radius 3 is 1.80 bits per heavy atom. The second-order valence-electron chi connectivity index (χ2n) is 2.82. The third-order valence-electron chi connectivity index (χ3n) is 2.17. The van der Waals surface area contributed by atoms with Gasteiger partial charge in [0, 0.05) is 0 Å². The molecule has 2 aliphatic rings. The van der Waals surface area contributed by atoms with Gasteiger partial charge in [-0.25, -0.2) is 10.2 Å². The van der Waals surface area contributed by atoms with Crippen LogP contribution in [-0.2, 0) is 4.79 Å². The first-order valence-corrected chi connectivity index (χ1v) is 3.59. The lowest BCUT2D eigenvalue weighted by atomic mass is 10.1. The molecule has 2 rings (SSSR count). The Morgan fingerprint density at radius 1 is 1.30 bits per heavy atom. The van der Waals surface area contributed by atoms with E-state index >= 15 is 0 Å². The number of hydrogen-bond acceptors (Lipinski definition) is 2. The van der Waals surface area contributed by atoms with Crippen LogP contribution < -0.4 is 0 Å². The maximum atomic E-state index is 8.35. The largest absolute Gasteiger partial charge is 0.231 e. The minimum absolute atomic E-state index is 0.750. The molecule has 2 heteroatoms. The number of isocyanates is 1. The number of hydrogen-bond donors (Lipinski definition) is 1. The van der Waals surface area contributed by atoms with E-state index in [1.54, 1.807) is 0 Å². The van der Waals surface area contributed by atoms with Crippen LogP contribution in [0.5, 0.6) is 0 Å². The van der Waals surface area contributed by atoms with Crippen LogP contribution in [0.3, 0.4) is 0 Å². The summed E-state index contributed by atoms with van der Waals surface area (Å²) in [6.07, 6.45) is 9.94. The van der Waals surface area contributed by atoms with Crippen LogP contribution in [0.15, 0.2) is 12.2 Å². The molecule has 10 heavy (non-hydrogen) atoms. The molecule has 0 heterocycles. The molecule has 0 saturated heterocycles. The van der Waals surface area contributed by atoms with Gasteiger partial charge in [0.1, 0.15) is 0 Å². The smallest absolute Gasteiger partial charge is 0.222 e. The molecule has 1 fully saturated rings. The van der Waals surface area contributed by atoms with Crippen molar-refractivity contribution in [2.75, 3.05) is 0 Å². The molecule has 0 aromatic rings. The number of carbonyl (C=O) groups excluding carboxylic acids is 1. The number of fused-ring (bicyclic) bond motifs is 2. The molecule has 0 aliphatic heterocycles. The fraction of sp³-hybridized carbons (Fsp3) is 0.625. The van der Waals surface area contributed by atoms with Crippen molar-refractivity contribution in [1.82, 2.24) is 0 Å². The fourth-order valence-electron chi connectivity index (χ4n) is 1.72. The normalized spacial score (nSPS) is 32.8. The van der Waals surface area contributed by atoms with Gasteiger partial charge in [-0.15, -0.1) is 0 Å². The molecule has 0 amide bonds. The molecular weight excluding hydrogens is 126 g/mol. The minimum atomic E-state index is 0.750. The predicted octanol–water partition coefficient (Wildman–Crippen LogP) is 1.87. The Morgan fingerprint density at radius 2 is 1.70 bits per heavy atom. The van der Waals surface area contributed by atoms with Crippen molar-refractivity contribution in [3.63, 3.8) is 0 Å². The van der Waals surface area contributed by atoms with E-state index in [0.717, 1.165) is 17.9 Å². The maximum Gasteiger partial charge on any atom is 0.231 e. The van der Waals surface area contributed by atoms with E-state index in [0.29, 0.717) is 0 Å². The summed E-state index contributed by atoms with van der Waals surface area (Å²) in [6, 6.07) is 0. The third-order valence-corrected chi connectivity index (χ3v) is 2.17. The van der Waals surface area contributed by atoms with E-state index < -0.39 is 0 Å². The summed E-state index contributed by atoms with van der Waals surface area (Å²) in [5, 5.41) is 5.40. The molecule has 0 spiro atoms. The fourth-order valence-corrected chi connectivity index (χ4v) is 1.72. The molecule has 0 aromatic heterocycles. The van der Waals surface area contributed by atoms with Gasteiger partial charge in [-0.2, -0.15) is 0 Å². The monoisotopic (exact) mass is 137 g/mol. The van der Waals surface area contributed by atoms with Gasteiger partial charge in [0.2, 0.25) is 6.08 Å². The molecule has 2 atom stereocenters. The summed E-state index contributed by atoms with van der Waals surface area (Å²) in [6.45, 7) is 0. The molecule has 2 nitrogen and oxygen atoms in total. The Hall–Kier alpha value is -0.880. The van der Waals surface area contributed by atoms with Crippen molar-refractivity contribution in [2.45, 2.75) is 19.3 Å². The summed E-state index contributed by atoms with van der Waals surface area (Å²) in [4.78, 5) is 8.35. The highest BCUT2D eigenvalue weighted by Crippen LogP contribution is 2.38. The number of nitrogens with one attached hydrogen (secondary N) is 1.